The van der Waals surface area contributed by atoms with Crippen molar-refractivity contribution < 1.29 is 22.7 Å². The maximum absolute atomic E-state index is 12.5. The molecule has 0 heterocycles. The largest absolute Gasteiger partial charge is 0.459 e. The number of benzene rings is 1. The molecule has 0 aliphatic heterocycles. The molecule has 0 saturated heterocycles. The molecule has 100 valence electrons. The van der Waals surface area contributed by atoms with Crippen molar-refractivity contribution in [1.82, 2.24) is 0 Å². The highest BCUT2D eigenvalue weighted by atomic mass is 19.4. The molecule has 0 radical (unpaired) electrons. The molecular weight excluding hydrogens is 247 g/mol. The van der Waals surface area contributed by atoms with Gasteiger partial charge in [-0.3, -0.25) is 0 Å². The summed E-state index contributed by atoms with van der Waals surface area (Å²) in [7, 11) is 0. The van der Waals surface area contributed by atoms with Crippen molar-refractivity contribution in [2.45, 2.75) is 32.5 Å². The van der Waals surface area contributed by atoms with Gasteiger partial charge in [0, 0.05) is 5.69 Å². The van der Waals surface area contributed by atoms with E-state index >= 15 is 0 Å². The summed E-state index contributed by atoms with van der Waals surface area (Å²) in [6, 6.07) is 2.59. The van der Waals surface area contributed by atoms with E-state index in [0.29, 0.717) is 12.5 Å². The molecule has 0 fully saturated rings. The summed E-state index contributed by atoms with van der Waals surface area (Å²) >= 11 is 0. The molecule has 0 spiro atoms. The summed E-state index contributed by atoms with van der Waals surface area (Å²) in [5, 5.41) is 0. The molecule has 0 aromatic heterocycles. The Morgan fingerprint density at radius 3 is 2.56 bits per heavy atom. The number of hydrogen-bond acceptors (Lipinski definition) is 3. The summed E-state index contributed by atoms with van der Waals surface area (Å²) in [6.07, 6.45) is -4.31. The smallest absolute Gasteiger partial charge is 0.416 e. The number of esters is 1. The second-order valence-corrected chi connectivity index (χ2v) is 3.92. The molecule has 0 aliphatic carbocycles. The van der Waals surface area contributed by atoms with Crippen LogP contribution in [0.2, 0.25) is 0 Å². The van der Waals surface area contributed by atoms with Gasteiger partial charge in [0.25, 0.3) is 0 Å². The zero-order valence-corrected chi connectivity index (χ0v) is 10.0. The highest BCUT2D eigenvalue weighted by Gasteiger charge is 2.31. The van der Waals surface area contributed by atoms with E-state index in [1.165, 1.54) is 0 Å². The lowest BCUT2D eigenvalue weighted by Gasteiger charge is -2.13. The first-order chi connectivity index (χ1) is 8.25. The fourth-order valence-corrected chi connectivity index (χ4v) is 1.24. The Bertz CT molecular complexity index is 443. The first-order valence-corrected chi connectivity index (χ1v) is 5.43. The summed E-state index contributed by atoms with van der Waals surface area (Å²) in [5.41, 5.74) is 4.27. The van der Waals surface area contributed by atoms with Gasteiger partial charge in [-0.2, -0.15) is 13.2 Å². The van der Waals surface area contributed by atoms with Crippen molar-refractivity contribution in [3.05, 3.63) is 29.3 Å². The average Bonchev–Trinajstić information content (AvgIpc) is 2.27. The Labute approximate surface area is 103 Å². The molecule has 6 heteroatoms. The Morgan fingerprint density at radius 2 is 2.06 bits per heavy atom. The Kier molecular flexibility index (Phi) is 4.21. The van der Waals surface area contributed by atoms with E-state index in [2.05, 4.69) is 0 Å². The summed E-state index contributed by atoms with van der Waals surface area (Å²) in [4.78, 5) is 11.6. The lowest BCUT2D eigenvalue weighted by Crippen LogP contribution is -2.16. The van der Waals surface area contributed by atoms with E-state index in [0.717, 1.165) is 12.1 Å². The zero-order valence-electron chi connectivity index (χ0n) is 10.0. The van der Waals surface area contributed by atoms with Crippen LogP contribution >= 0.6 is 0 Å². The van der Waals surface area contributed by atoms with Gasteiger partial charge < -0.3 is 10.5 Å². The topological polar surface area (TPSA) is 52.3 Å². The van der Waals surface area contributed by atoms with Gasteiger partial charge in [0.05, 0.1) is 17.2 Å². The van der Waals surface area contributed by atoms with Crippen LogP contribution in [0.4, 0.5) is 18.9 Å². The minimum Gasteiger partial charge on any atom is -0.459 e. The van der Waals surface area contributed by atoms with Crippen molar-refractivity contribution in [2.24, 2.45) is 0 Å². The first kappa shape index (κ1) is 14.3. The Balaban J connectivity index is 3.04. The number of rotatable bonds is 3. The van der Waals surface area contributed by atoms with Crippen LogP contribution in [0.3, 0.4) is 0 Å². The molecule has 1 aromatic carbocycles. The van der Waals surface area contributed by atoms with Crippen molar-refractivity contribution in [1.29, 1.82) is 0 Å². The molecular formula is C12H14F3NO2. The van der Waals surface area contributed by atoms with Gasteiger partial charge in [0.2, 0.25) is 0 Å². The van der Waals surface area contributed by atoms with Crippen LogP contribution in [-0.2, 0) is 10.9 Å². The van der Waals surface area contributed by atoms with Gasteiger partial charge in [-0.25, -0.2) is 4.79 Å². The first-order valence-electron chi connectivity index (χ1n) is 5.43. The molecule has 0 aliphatic rings. The molecule has 2 N–H and O–H groups in total. The Morgan fingerprint density at radius 1 is 1.44 bits per heavy atom. The van der Waals surface area contributed by atoms with Gasteiger partial charge in [-0.15, -0.1) is 0 Å². The molecule has 0 amide bonds. The number of nitrogen functional groups attached to an aromatic ring is 1. The van der Waals surface area contributed by atoms with Gasteiger partial charge in [-0.1, -0.05) is 6.92 Å². The minimum absolute atomic E-state index is 0.0312. The fourth-order valence-electron chi connectivity index (χ4n) is 1.24. The number of anilines is 1. The molecule has 1 unspecified atom stereocenters. The third-order valence-corrected chi connectivity index (χ3v) is 2.48. The number of carbonyl (C=O) groups excluding carboxylic acids is 1. The van der Waals surface area contributed by atoms with Crippen molar-refractivity contribution in [3.8, 4) is 0 Å². The van der Waals surface area contributed by atoms with E-state index in [4.69, 9.17) is 10.5 Å². The predicted molar refractivity (Wildman–Crippen MR) is 61.0 cm³/mol. The normalized spacial score (nSPS) is 13.2. The van der Waals surface area contributed by atoms with Crippen molar-refractivity contribution in [2.75, 3.05) is 5.73 Å². The number of alkyl halides is 3. The van der Waals surface area contributed by atoms with Crippen LogP contribution in [0.25, 0.3) is 0 Å². The maximum atomic E-state index is 12.5. The number of carbonyl (C=O) groups is 1. The van der Waals surface area contributed by atoms with Crippen LogP contribution in [0.1, 0.15) is 36.2 Å². The van der Waals surface area contributed by atoms with Crippen molar-refractivity contribution in [3.63, 3.8) is 0 Å². The van der Waals surface area contributed by atoms with Crippen LogP contribution in [-0.4, -0.2) is 12.1 Å². The standard InChI is InChI=1S/C12H14F3NO2/c1-3-7(2)18-11(17)9-6-8(12(13,14)15)4-5-10(9)16/h4-7H,3,16H2,1-2H3. The highest BCUT2D eigenvalue weighted by Crippen LogP contribution is 2.31. The monoisotopic (exact) mass is 261 g/mol. The Hall–Kier alpha value is -1.72. The lowest BCUT2D eigenvalue weighted by atomic mass is 10.1. The van der Waals surface area contributed by atoms with E-state index in [1.807, 2.05) is 0 Å². The minimum atomic E-state index is -4.51. The van der Waals surface area contributed by atoms with Gasteiger partial charge in [-0.05, 0) is 31.5 Å². The molecule has 1 atom stereocenters. The third kappa shape index (κ3) is 3.38. The van der Waals surface area contributed by atoms with E-state index in [-0.39, 0.29) is 17.4 Å². The number of ether oxygens (including phenoxy) is 1. The van der Waals surface area contributed by atoms with Gasteiger partial charge in [0.15, 0.2) is 0 Å². The molecule has 3 nitrogen and oxygen atoms in total. The van der Waals surface area contributed by atoms with E-state index < -0.39 is 17.7 Å². The van der Waals surface area contributed by atoms with E-state index in [1.54, 1.807) is 13.8 Å². The molecule has 1 aromatic rings. The van der Waals surface area contributed by atoms with Gasteiger partial charge in [0.1, 0.15) is 0 Å². The summed E-state index contributed by atoms with van der Waals surface area (Å²) < 4.78 is 42.4. The molecule has 18 heavy (non-hydrogen) atoms. The summed E-state index contributed by atoms with van der Waals surface area (Å²) in [5.74, 6) is -0.840. The predicted octanol–water partition coefficient (Wildman–Crippen LogP) is 3.24. The van der Waals surface area contributed by atoms with E-state index in [9.17, 15) is 18.0 Å². The van der Waals surface area contributed by atoms with Crippen LogP contribution in [0, 0.1) is 0 Å². The highest BCUT2D eigenvalue weighted by molar-refractivity contribution is 5.95. The SMILES string of the molecule is CCC(C)OC(=O)c1cc(C(F)(F)F)ccc1N. The van der Waals surface area contributed by atoms with Gasteiger partial charge >= 0.3 is 12.1 Å². The van der Waals surface area contributed by atoms with Crippen LogP contribution in [0.15, 0.2) is 18.2 Å². The lowest BCUT2D eigenvalue weighted by molar-refractivity contribution is -0.137. The zero-order chi connectivity index (χ0) is 13.9. The third-order valence-electron chi connectivity index (χ3n) is 2.48. The second kappa shape index (κ2) is 5.29. The average molecular weight is 261 g/mol. The number of nitrogens with two attached hydrogens (primary N) is 1. The number of halogens is 3. The summed E-state index contributed by atoms with van der Waals surface area (Å²) in [6.45, 7) is 3.45. The maximum Gasteiger partial charge on any atom is 0.416 e. The molecule has 0 bridgehead atoms. The molecule has 0 saturated carbocycles. The molecule has 1 rings (SSSR count). The number of hydrogen-bond donors (Lipinski definition) is 1. The fraction of sp³-hybridized carbons (Fsp3) is 0.417. The quantitative estimate of drug-likeness (QED) is 0.671. The second-order valence-electron chi connectivity index (χ2n) is 3.92. The van der Waals surface area contributed by atoms with Crippen LogP contribution in [0.5, 0.6) is 0 Å². The van der Waals surface area contributed by atoms with Crippen molar-refractivity contribution >= 4 is 11.7 Å². The van der Waals surface area contributed by atoms with Crippen LogP contribution < -0.4 is 5.73 Å².